The van der Waals surface area contributed by atoms with Gasteiger partial charge in [-0.05, 0) is 56.4 Å². The lowest BCUT2D eigenvalue weighted by Gasteiger charge is -2.32. The number of nitrogens with zero attached hydrogens (tertiary/aromatic N) is 1. The Morgan fingerprint density at radius 3 is 2.57 bits per heavy atom. The number of aryl methyl sites for hydroxylation is 2. The first-order chi connectivity index (χ1) is 14.3. The van der Waals surface area contributed by atoms with E-state index in [0.29, 0.717) is 31.2 Å². The molecule has 1 aliphatic heterocycles. The van der Waals surface area contributed by atoms with E-state index in [2.05, 4.69) is 25.2 Å². The van der Waals surface area contributed by atoms with Crippen molar-refractivity contribution in [3.63, 3.8) is 0 Å². The summed E-state index contributed by atoms with van der Waals surface area (Å²) in [6.07, 6.45) is 2.11. The predicted molar refractivity (Wildman–Crippen MR) is 115 cm³/mol. The third kappa shape index (κ3) is 5.88. The molecule has 1 fully saturated rings. The van der Waals surface area contributed by atoms with Crippen molar-refractivity contribution in [3.8, 4) is 5.75 Å². The van der Waals surface area contributed by atoms with Crippen LogP contribution >= 0.6 is 0 Å². The highest BCUT2D eigenvalue weighted by molar-refractivity contribution is 5.91. The molecule has 3 rings (SSSR count). The second kappa shape index (κ2) is 9.83. The first-order valence-corrected chi connectivity index (χ1v) is 10.7. The fourth-order valence-corrected chi connectivity index (χ4v) is 3.70. The van der Waals surface area contributed by atoms with E-state index in [4.69, 9.17) is 9.15 Å². The van der Waals surface area contributed by atoms with Crippen molar-refractivity contribution in [2.45, 2.75) is 59.6 Å². The second-order valence-corrected chi connectivity index (χ2v) is 8.55. The predicted octanol–water partition coefficient (Wildman–Crippen LogP) is 4.24. The number of furan rings is 1. The molecular weight excluding hydrogens is 380 g/mol. The highest BCUT2D eigenvalue weighted by Gasteiger charge is 2.25. The van der Waals surface area contributed by atoms with E-state index >= 15 is 0 Å². The summed E-state index contributed by atoms with van der Waals surface area (Å²) in [6.45, 7) is 9.79. The molecular formula is C24H32N2O4. The summed E-state index contributed by atoms with van der Waals surface area (Å²) in [5.74, 6) is 2.04. The molecule has 0 aliphatic carbocycles. The van der Waals surface area contributed by atoms with E-state index in [0.717, 1.165) is 24.2 Å². The number of carbonyl (C=O) groups is 2. The van der Waals surface area contributed by atoms with Crippen LogP contribution in [0.4, 0.5) is 0 Å². The smallest absolute Gasteiger partial charge is 0.287 e. The van der Waals surface area contributed by atoms with E-state index < -0.39 is 0 Å². The highest BCUT2D eigenvalue weighted by atomic mass is 16.5. The van der Waals surface area contributed by atoms with Crippen LogP contribution in [-0.4, -0.2) is 35.8 Å². The lowest BCUT2D eigenvalue weighted by atomic mass is 10.0. The monoisotopic (exact) mass is 412 g/mol. The Kier molecular flexibility index (Phi) is 7.19. The van der Waals surface area contributed by atoms with E-state index in [-0.39, 0.29) is 30.2 Å². The SMILES string of the molecule is Cc1ccc(OCc2ccc(C(=O)NC3CCN(C(=O)CC(C)C)CC3)o2)c(C)c1. The lowest BCUT2D eigenvalue weighted by molar-refractivity contribution is -0.133. The van der Waals surface area contributed by atoms with E-state index in [9.17, 15) is 9.59 Å². The molecule has 1 saturated heterocycles. The standard InChI is InChI=1S/C24H32N2O4/c1-16(2)13-23(27)26-11-9-19(10-12-26)25-24(28)22-8-6-20(30-22)15-29-21-7-5-17(3)14-18(21)4/h5-8,14,16,19H,9-13,15H2,1-4H3,(H,25,28). The van der Waals surface area contributed by atoms with Gasteiger partial charge in [-0.2, -0.15) is 0 Å². The number of benzene rings is 1. The van der Waals surface area contributed by atoms with Gasteiger partial charge in [-0.25, -0.2) is 0 Å². The lowest BCUT2D eigenvalue weighted by Crippen LogP contribution is -2.46. The third-order valence-corrected chi connectivity index (χ3v) is 5.35. The topological polar surface area (TPSA) is 71.8 Å². The largest absolute Gasteiger partial charge is 0.485 e. The minimum absolute atomic E-state index is 0.0561. The summed E-state index contributed by atoms with van der Waals surface area (Å²) < 4.78 is 11.5. The average Bonchev–Trinajstić information content (AvgIpc) is 3.16. The van der Waals surface area contributed by atoms with Gasteiger partial charge in [-0.15, -0.1) is 0 Å². The molecule has 0 radical (unpaired) electrons. The summed E-state index contributed by atoms with van der Waals surface area (Å²) in [6, 6.07) is 9.52. The van der Waals surface area contributed by atoms with Crippen molar-refractivity contribution in [3.05, 3.63) is 53.0 Å². The number of piperidine rings is 1. The normalized spacial score (nSPS) is 14.8. The van der Waals surface area contributed by atoms with E-state index in [1.165, 1.54) is 5.56 Å². The molecule has 0 bridgehead atoms. The van der Waals surface area contributed by atoms with Crippen LogP contribution in [-0.2, 0) is 11.4 Å². The Hall–Kier alpha value is -2.76. The number of rotatable bonds is 7. The maximum Gasteiger partial charge on any atom is 0.287 e. The van der Waals surface area contributed by atoms with Crippen LogP contribution in [0.2, 0.25) is 0 Å². The van der Waals surface area contributed by atoms with Gasteiger partial charge in [0.15, 0.2) is 5.76 Å². The molecule has 0 saturated carbocycles. The number of hydrogen-bond acceptors (Lipinski definition) is 4. The second-order valence-electron chi connectivity index (χ2n) is 8.55. The summed E-state index contributed by atoms with van der Waals surface area (Å²) in [4.78, 5) is 26.6. The minimum Gasteiger partial charge on any atom is -0.485 e. The molecule has 0 unspecified atom stereocenters. The molecule has 2 amide bonds. The fraction of sp³-hybridized carbons (Fsp3) is 0.500. The quantitative estimate of drug-likeness (QED) is 0.738. The summed E-state index contributed by atoms with van der Waals surface area (Å²) >= 11 is 0. The Labute approximate surface area is 178 Å². The van der Waals surface area contributed by atoms with Crippen molar-refractivity contribution < 1.29 is 18.7 Å². The van der Waals surface area contributed by atoms with Gasteiger partial charge in [0.05, 0.1) is 0 Å². The molecule has 0 atom stereocenters. The molecule has 1 aromatic heterocycles. The van der Waals surface area contributed by atoms with E-state index in [1.807, 2.05) is 30.9 Å². The van der Waals surface area contributed by atoms with Gasteiger partial charge in [0.2, 0.25) is 5.91 Å². The van der Waals surface area contributed by atoms with Crippen molar-refractivity contribution >= 4 is 11.8 Å². The Morgan fingerprint density at radius 2 is 1.90 bits per heavy atom. The van der Waals surface area contributed by atoms with Crippen LogP contribution in [0.1, 0.15) is 60.6 Å². The van der Waals surface area contributed by atoms with Crippen molar-refractivity contribution in [2.24, 2.45) is 5.92 Å². The van der Waals surface area contributed by atoms with Crippen LogP contribution < -0.4 is 10.1 Å². The number of likely N-dealkylation sites (tertiary alicyclic amines) is 1. The molecule has 2 heterocycles. The van der Waals surface area contributed by atoms with Gasteiger partial charge in [0.1, 0.15) is 18.1 Å². The summed E-state index contributed by atoms with van der Waals surface area (Å²) in [7, 11) is 0. The molecule has 1 N–H and O–H groups in total. The highest BCUT2D eigenvalue weighted by Crippen LogP contribution is 2.21. The number of carbonyl (C=O) groups excluding carboxylic acids is 2. The van der Waals surface area contributed by atoms with Crippen LogP contribution in [0.3, 0.4) is 0 Å². The van der Waals surface area contributed by atoms with Gasteiger partial charge in [-0.3, -0.25) is 9.59 Å². The van der Waals surface area contributed by atoms with Crippen LogP contribution in [0.25, 0.3) is 0 Å². The average molecular weight is 413 g/mol. The maximum atomic E-state index is 12.5. The van der Waals surface area contributed by atoms with Crippen molar-refractivity contribution in [1.82, 2.24) is 10.2 Å². The van der Waals surface area contributed by atoms with Crippen LogP contribution in [0.15, 0.2) is 34.7 Å². The molecule has 6 heteroatoms. The maximum absolute atomic E-state index is 12.5. The first kappa shape index (κ1) is 21.9. The number of amides is 2. The van der Waals surface area contributed by atoms with Gasteiger partial charge in [0.25, 0.3) is 5.91 Å². The number of nitrogens with one attached hydrogen (secondary N) is 1. The number of ether oxygens (including phenoxy) is 1. The van der Waals surface area contributed by atoms with Gasteiger partial charge in [0, 0.05) is 25.6 Å². The zero-order valence-corrected chi connectivity index (χ0v) is 18.4. The minimum atomic E-state index is -0.222. The Morgan fingerprint density at radius 1 is 1.17 bits per heavy atom. The third-order valence-electron chi connectivity index (χ3n) is 5.35. The fourth-order valence-electron chi connectivity index (χ4n) is 3.70. The van der Waals surface area contributed by atoms with Crippen LogP contribution in [0, 0.1) is 19.8 Å². The van der Waals surface area contributed by atoms with Gasteiger partial charge < -0.3 is 19.4 Å². The molecule has 0 spiro atoms. The summed E-state index contributed by atoms with van der Waals surface area (Å²) in [5, 5.41) is 3.03. The first-order valence-electron chi connectivity index (χ1n) is 10.7. The molecule has 1 aliphatic rings. The van der Waals surface area contributed by atoms with Crippen molar-refractivity contribution in [2.75, 3.05) is 13.1 Å². The summed E-state index contributed by atoms with van der Waals surface area (Å²) in [5.41, 5.74) is 2.25. The Bertz CT molecular complexity index is 879. The number of hydrogen-bond donors (Lipinski definition) is 1. The van der Waals surface area contributed by atoms with Gasteiger partial charge >= 0.3 is 0 Å². The molecule has 6 nitrogen and oxygen atoms in total. The van der Waals surface area contributed by atoms with Crippen molar-refractivity contribution in [1.29, 1.82) is 0 Å². The van der Waals surface area contributed by atoms with Crippen LogP contribution in [0.5, 0.6) is 5.75 Å². The Balaban J connectivity index is 1.47. The zero-order valence-electron chi connectivity index (χ0n) is 18.4. The molecule has 162 valence electrons. The molecule has 30 heavy (non-hydrogen) atoms. The molecule has 1 aromatic carbocycles. The zero-order chi connectivity index (χ0) is 21.7. The van der Waals surface area contributed by atoms with E-state index in [1.54, 1.807) is 12.1 Å². The molecule has 2 aromatic rings. The van der Waals surface area contributed by atoms with Gasteiger partial charge in [-0.1, -0.05) is 31.5 Å².